The molecule has 6 nitrogen and oxygen atoms in total. The summed E-state index contributed by atoms with van der Waals surface area (Å²) >= 11 is 1.42. The third-order valence-corrected chi connectivity index (χ3v) is 6.02. The van der Waals surface area contributed by atoms with Gasteiger partial charge in [0.15, 0.2) is 0 Å². The summed E-state index contributed by atoms with van der Waals surface area (Å²) in [5, 5.41) is 9.26. The van der Waals surface area contributed by atoms with Crippen LogP contribution in [0.25, 0.3) is 0 Å². The maximum Gasteiger partial charge on any atom is 0.264 e. The van der Waals surface area contributed by atoms with Crippen molar-refractivity contribution in [1.29, 1.82) is 0 Å². The fraction of sp³-hybridized carbons (Fsp3) is 0.500. The van der Waals surface area contributed by atoms with Crippen LogP contribution in [0.4, 0.5) is 5.82 Å². The van der Waals surface area contributed by atoms with Gasteiger partial charge in [-0.2, -0.15) is 5.10 Å². The SMILES string of the molecule is C[C@H](C1CC1)n1nccc1NC(=O)[C@H]1CCCN1C(=O)c1cccs1. The summed E-state index contributed by atoms with van der Waals surface area (Å²) in [5.74, 6) is 1.21. The first-order valence-corrected chi connectivity index (χ1v) is 9.72. The number of rotatable bonds is 5. The van der Waals surface area contributed by atoms with Crippen molar-refractivity contribution in [2.45, 2.75) is 44.7 Å². The van der Waals surface area contributed by atoms with Crippen LogP contribution in [0.2, 0.25) is 0 Å². The monoisotopic (exact) mass is 358 g/mol. The Morgan fingerprint density at radius 3 is 2.88 bits per heavy atom. The van der Waals surface area contributed by atoms with Gasteiger partial charge in [0.25, 0.3) is 5.91 Å². The topological polar surface area (TPSA) is 67.2 Å². The molecular formula is C18H22N4O2S. The van der Waals surface area contributed by atoms with E-state index in [-0.39, 0.29) is 17.9 Å². The molecule has 2 aliphatic rings. The van der Waals surface area contributed by atoms with Crippen molar-refractivity contribution in [3.8, 4) is 0 Å². The average molecular weight is 358 g/mol. The average Bonchev–Trinajstić information content (AvgIpc) is 3.05. The predicted octanol–water partition coefficient (Wildman–Crippen LogP) is 3.16. The van der Waals surface area contributed by atoms with Gasteiger partial charge >= 0.3 is 0 Å². The number of aromatic nitrogens is 2. The highest BCUT2D eigenvalue weighted by atomic mass is 32.1. The first-order valence-electron chi connectivity index (χ1n) is 8.84. The Morgan fingerprint density at radius 2 is 2.16 bits per heavy atom. The Hall–Kier alpha value is -2.15. The van der Waals surface area contributed by atoms with Gasteiger partial charge in [0.2, 0.25) is 5.91 Å². The summed E-state index contributed by atoms with van der Waals surface area (Å²) < 4.78 is 1.90. The van der Waals surface area contributed by atoms with E-state index in [4.69, 9.17) is 0 Å². The van der Waals surface area contributed by atoms with Crippen molar-refractivity contribution < 1.29 is 9.59 Å². The normalized spacial score (nSPS) is 21.3. The summed E-state index contributed by atoms with van der Waals surface area (Å²) in [6.45, 7) is 2.77. The summed E-state index contributed by atoms with van der Waals surface area (Å²) in [6, 6.07) is 5.39. The molecule has 0 spiro atoms. The maximum absolute atomic E-state index is 12.8. The molecule has 7 heteroatoms. The molecule has 1 aliphatic carbocycles. The molecule has 1 saturated carbocycles. The molecule has 25 heavy (non-hydrogen) atoms. The zero-order valence-electron chi connectivity index (χ0n) is 14.2. The number of nitrogens with one attached hydrogen (secondary N) is 1. The molecule has 1 N–H and O–H groups in total. The number of amides is 2. The molecule has 2 aromatic rings. The molecule has 2 atom stereocenters. The van der Waals surface area contributed by atoms with Crippen molar-refractivity contribution in [2.75, 3.05) is 11.9 Å². The van der Waals surface area contributed by atoms with E-state index in [1.807, 2.05) is 28.3 Å². The van der Waals surface area contributed by atoms with E-state index < -0.39 is 6.04 Å². The minimum absolute atomic E-state index is 0.0486. The number of hydrogen-bond acceptors (Lipinski definition) is 4. The van der Waals surface area contributed by atoms with E-state index in [1.165, 1.54) is 24.2 Å². The van der Waals surface area contributed by atoms with Crippen molar-refractivity contribution in [3.05, 3.63) is 34.7 Å². The maximum atomic E-state index is 12.8. The lowest BCUT2D eigenvalue weighted by Crippen LogP contribution is -2.43. The lowest BCUT2D eigenvalue weighted by molar-refractivity contribution is -0.119. The van der Waals surface area contributed by atoms with Gasteiger partial charge in [-0.25, -0.2) is 4.68 Å². The van der Waals surface area contributed by atoms with E-state index >= 15 is 0 Å². The fourth-order valence-corrected chi connectivity index (χ4v) is 4.23. The smallest absolute Gasteiger partial charge is 0.264 e. The minimum atomic E-state index is -0.408. The van der Waals surface area contributed by atoms with Crippen LogP contribution in [0, 0.1) is 5.92 Å². The molecule has 0 aromatic carbocycles. The quantitative estimate of drug-likeness (QED) is 0.893. The van der Waals surface area contributed by atoms with E-state index in [1.54, 1.807) is 11.1 Å². The van der Waals surface area contributed by atoms with Gasteiger partial charge in [-0.3, -0.25) is 9.59 Å². The van der Waals surface area contributed by atoms with Crippen LogP contribution in [-0.4, -0.2) is 39.1 Å². The molecule has 1 aliphatic heterocycles. The molecule has 0 radical (unpaired) electrons. The van der Waals surface area contributed by atoms with Crippen LogP contribution in [-0.2, 0) is 4.79 Å². The second-order valence-corrected chi connectivity index (χ2v) is 7.81. The van der Waals surface area contributed by atoms with Crippen molar-refractivity contribution in [3.63, 3.8) is 0 Å². The van der Waals surface area contributed by atoms with Gasteiger partial charge in [-0.05, 0) is 50.0 Å². The third kappa shape index (κ3) is 3.20. The van der Waals surface area contributed by atoms with Gasteiger partial charge in [0, 0.05) is 12.6 Å². The second-order valence-electron chi connectivity index (χ2n) is 6.86. The van der Waals surface area contributed by atoms with E-state index in [0.29, 0.717) is 23.8 Å². The van der Waals surface area contributed by atoms with Gasteiger partial charge < -0.3 is 10.2 Å². The Morgan fingerprint density at radius 1 is 1.32 bits per heavy atom. The number of thiophene rings is 1. The third-order valence-electron chi connectivity index (χ3n) is 5.16. The summed E-state index contributed by atoms with van der Waals surface area (Å²) in [6.07, 6.45) is 5.72. The lowest BCUT2D eigenvalue weighted by Gasteiger charge is -2.24. The van der Waals surface area contributed by atoms with Gasteiger partial charge in [0.05, 0.1) is 17.1 Å². The molecule has 0 unspecified atom stereocenters. The molecule has 3 heterocycles. The predicted molar refractivity (Wildman–Crippen MR) is 96.7 cm³/mol. The fourth-order valence-electron chi connectivity index (χ4n) is 3.55. The first-order chi connectivity index (χ1) is 12.1. The first kappa shape index (κ1) is 16.3. The van der Waals surface area contributed by atoms with Crippen LogP contribution in [0.1, 0.15) is 48.3 Å². The molecule has 2 amide bonds. The molecule has 2 fully saturated rings. The van der Waals surface area contributed by atoms with Crippen LogP contribution >= 0.6 is 11.3 Å². The minimum Gasteiger partial charge on any atom is -0.326 e. The zero-order chi connectivity index (χ0) is 17.4. The number of hydrogen-bond donors (Lipinski definition) is 1. The van der Waals surface area contributed by atoms with E-state index in [2.05, 4.69) is 17.3 Å². The van der Waals surface area contributed by atoms with Crippen molar-refractivity contribution >= 4 is 29.0 Å². The Bertz CT molecular complexity index is 766. The number of nitrogens with zero attached hydrogens (tertiary/aromatic N) is 3. The van der Waals surface area contributed by atoms with E-state index in [9.17, 15) is 9.59 Å². The molecule has 4 rings (SSSR count). The highest BCUT2D eigenvalue weighted by molar-refractivity contribution is 7.12. The lowest BCUT2D eigenvalue weighted by atomic mass is 10.2. The molecule has 2 aromatic heterocycles. The van der Waals surface area contributed by atoms with Crippen LogP contribution < -0.4 is 5.32 Å². The Labute approximate surface area is 150 Å². The Kier molecular flexibility index (Phi) is 4.33. The highest BCUT2D eigenvalue weighted by Crippen LogP contribution is 2.40. The standard InChI is InChI=1S/C18H22N4O2S/c1-12(13-6-7-13)22-16(8-9-19-22)20-17(23)14-4-2-10-21(14)18(24)15-5-3-11-25-15/h3,5,8-9,11-14H,2,4,6-7,10H2,1H3,(H,20,23)/t12-,14-/m1/s1. The zero-order valence-corrected chi connectivity index (χ0v) is 15.0. The van der Waals surface area contributed by atoms with Gasteiger partial charge in [-0.15, -0.1) is 11.3 Å². The molecule has 132 valence electrons. The number of carbonyl (C=O) groups is 2. The summed E-state index contributed by atoms with van der Waals surface area (Å²) in [4.78, 5) is 27.8. The van der Waals surface area contributed by atoms with Crippen molar-refractivity contribution in [1.82, 2.24) is 14.7 Å². The molecular weight excluding hydrogens is 336 g/mol. The van der Waals surface area contributed by atoms with Gasteiger partial charge in [0.1, 0.15) is 11.9 Å². The van der Waals surface area contributed by atoms with E-state index in [0.717, 1.165) is 12.2 Å². The number of carbonyl (C=O) groups excluding carboxylic acids is 2. The molecule has 1 saturated heterocycles. The second kappa shape index (κ2) is 6.63. The number of likely N-dealkylation sites (tertiary alicyclic amines) is 1. The van der Waals surface area contributed by atoms with Crippen LogP contribution in [0.5, 0.6) is 0 Å². The van der Waals surface area contributed by atoms with Gasteiger partial charge in [-0.1, -0.05) is 6.07 Å². The summed E-state index contributed by atoms with van der Waals surface area (Å²) in [7, 11) is 0. The Balaban J connectivity index is 1.47. The largest absolute Gasteiger partial charge is 0.326 e. The summed E-state index contributed by atoms with van der Waals surface area (Å²) in [5.41, 5.74) is 0. The number of anilines is 1. The van der Waals surface area contributed by atoms with Crippen molar-refractivity contribution in [2.24, 2.45) is 5.92 Å². The molecule has 0 bridgehead atoms. The van der Waals surface area contributed by atoms with Crippen LogP contribution in [0.3, 0.4) is 0 Å². The van der Waals surface area contributed by atoms with Crippen LogP contribution in [0.15, 0.2) is 29.8 Å². The highest BCUT2D eigenvalue weighted by Gasteiger charge is 2.36.